The molecule has 0 saturated carbocycles. The maximum atomic E-state index is 11.8. The molecule has 1 rings (SSSR count). The third-order valence-corrected chi connectivity index (χ3v) is 3.77. The van der Waals surface area contributed by atoms with Gasteiger partial charge in [-0.1, -0.05) is 0 Å². The first-order valence-electron chi connectivity index (χ1n) is 6.71. The quantitative estimate of drug-likeness (QED) is 0.747. The highest BCUT2D eigenvalue weighted by Gasteiger charge is 2.10. The molecule has 0 spiro atoms. The summed E-state index contributed by atoms with van der Waals surface area (Å²) in [6.07, 6.45) is 1.25. The van der Waals surface area contributed by atoms with Crippen LogP contribution in [0.2, 0.25) is 0 Å². The monoisotopic (exact) mass is 328 g/mol. The predicted molar refractivity (Wildman–Crippen MR) is 80.9 cm³/mol. The topological polar surface area (TPSA) is 102 Å². The molecule has 0 aliphatic rings. The number of sulfone groups is 1. The molecule has 0 fully saturated rings. The van der Waals surface area contributed by atoms with E-state index in [1.807, 2.05) is 13.8 Å². The molecule has 1 aromatic carbocycles. The van der Waals surface area contributed by atoms with E-state index >= 15 is 0 Å². The average molecular weight is 328 g/mol. The third-order valence-electron chi connectivity index (χ3n) is 2.64. The summed E-state index contributed by atoms with van der Waals surface area (Å²) < 4.78 is 27.8. The molecule has 0 radical (unpaired) electrons. The lowest BCUT2D eigenvalue weighted by molar-refractivity contribution is -0.123. The number of hydrogen-bond donors (Lipinski definition) is 2. The van der Waals surface area contributed by atoms with Gasteiger partial charge in [0.25, 0.3) is 5.91 Å². The minimum Gasteiger partial charge on any atom is -0.378 e. The van der Waals surface area contributed by atoms with Gasteiger partial charge < -0.3 is 4.74 Å². The van der Waals surface area contributed by atoms with Gasteiger partial charge in [0, 0.05) is 11.8 Å². The zero-order valence-electron chi connectivity index (χ0n) is 12.8. The Morgan fingerprint density at radius 1 is 1.14 bits per heavy atom. The normalized spacial score (nSPS) is 11.3. The van der Waals surface area contributed by atoms with Crippen LogP contribution in [0.3, 0.4) is 0 Å². The van der Waals surface area contributed by atoms with Gasteiger partial charge in [0.05, 0.1) is 24.0 Å². The van der Waals surface area contributed by atoms with Gasteiger partial charge >= 0.3 is 0 Å². The van der Waals surface area contributed by atoms with Crippen LogP contribution >= 0.6 is 0 Å². The van der Waals surface area contributed by atoms with Gasteiger partial charge in [-0.05, 0) is 38.1 Å². The van der Waals surface area contributed by atoms with Gasteiger partial charge in [0.1, 0.15) is 0 Å². The second-order valence-corrected chi connectivity index (χ2v) is 6.98. The van der Waals surface area contributed by atoms with Gasteiger partial charge in [-0.2, -0.15) is 0 Å². The highest BCUT2D eigenvalue weighted by Crippen LogP contribution is 2.10. The van der Waals surface area contributed by atoms with Crippen molar-refractivity contribution in [1.29, 1.82) is 0 Å². The van der Waals surface area contributed by atoms with Crippen LogP contribution in [0.5, 0.6) is 0 Å². The van der Waals surface area contributed by atoms with Crippen LogP contribution in [0.15, 0.2) is 29.2 Å². The van der Waals surface area contributed by atoms with E-state index in [9.17, 15) is 18.0 Å². The molecule has 2 N–H and O–H groups in total. The maximum absolute atomic E-state index is 11.8. The van der Waals surface area contributed by atoms with E-state index < -0.39 is 15.7 Å². The number of ether oxygens (including phenoxy) is 1. The van der Waals surface area contributed by atoms with Gasteiger partial charge in [-0.3, -0.25) is 20.4 Å². The van der Waals surface area contributed by atoms with E-state index in [4.69, 9.17) is 4.74 Å². The van der Waals surface area contributed by atoms with Crippen LogP contribution in [-0.2, 0) is 19.4 Å². The van der Waals surface area contributed by atoms with E-state index in [2.05, 4.69) is 10.9 Å². The van der Waals surface area contributed by atoms with E-state index in [-0.39, 0.29) is 35.5 Å². The molecule has 8 heteroatoms. The SMILES string of the molecule is CC(C)OCCC(=O)NNC(=O)c1ccc(S(C)(=O)=O)cc1. The molecule has 0 aliphatic heterocycles. The van der Waals surface area contributed by atoms with E-state index in [1.54, 1.807) is 0 Å². The van der Waals surface area contributed by atoms with E-state index in [0.29, 0.717) is 0 Å². The molecular formula is C14H20N2O5S. The van der Waals surface area contributed by atoms with Crippen LogP contribution in [0.4, 0.5) is 0 Å². The Hall–Kier alpha value is -1.93. The first kappa shape index (κ1) is 18.1. The number of nitrogens with one attached hydrogen (secondary N) is 2. The highest BCUT2D eigenvalue weighted by molar-refractivity contribution is 7.90. The van der Waals surface area contributed by atoms with Crippen molar-refractivity contribution in [2.24, 2.45) is 0 Å². The molecule has 2 amide bonds. The third kappa shape index (κ3) is 6.23. The van der Waals surface area contributed by atoms with Crippen LogP contribution < -0.4 is 10.9 Å². The molecular weight excluding hydrogens is 308 g/mol. The van der Waals surface area contributed by atoms with Crippen molar-refractivity contribution in [2.75, 3.05) is 12.9 Å². The van der Waals surface area contributed by atoms with Crippen molar-refractivity contribution in [2.45, 2.75) is 31.3 Å². The molecule has 0 aliphatic carbocycles. The second-order valence-electron chi connectivity index (χ2n) is 4.97. The number of hydrogen-bond acceptors (Lipinski definition) is 5. The van der Waals surface area contributed by atoms with Crippen LogP contribution in [0.25, 0.3) is 0 Å². The summed E-state index contributed by atoms with van der Waals surface area (Å²) in [5, 5.41) is 0. The summed E-state index contributed by atoms with van der Waals surface area (Å²) >= 11 is 0. The molecule has 22 heavy (non-hydrogen) atoms. The van der Waals surface area contributed by atoms with Crippen LogP contribution in [-0.4, -0.2) is 39.2 Å². The molecule has 122 valence electrons. The zero-order valence-corrected chi connectivity index (χ0v) is 13.6. The van der Waals surface area contributed by atoms with Crippen LogP contribution in [0, 0.1) is 0 Å². The Balaban J connectivity index is 2.47. The highest BCUT2D eigenvalue weighted by atomic mass is 32.2. The van der Waals surface area contributed by atoms with Crippen molar-refractivity contribution >= 4 is 21.7 Å². The number of carbonyl (C=O) groups excluding carboxylic acids is 2. The minimum absolute atomic E-state index is 0.0377. The number of rotatable bonds is 6. The lowest BCUT2D eigenvalue weighted by atomic mass is 10.2. The fourth-order valence-electron chi connectivity index (χ4n) is 1.50. The van der Waals surface area contributed by atoms with Gasteiger partial charge in [-0.25, -0.2) is 8.42 Å². The van der Waals surface area contributed by atoms with E-state index in [0.717, 1.165) is 6.26 Å². The first-order valence-corrected chi connectivity index (χ1v) is 8.60. The maximum Gasteiger partial charge on any atom is 0.269 e. The Morgan fingerprint density at radius 3 is 2.23 bits per heavy atom. The Kier molecular flexibility index (Phi) is 6.51. The first-order chi connectivity index (χ1) is 10.2. The lowest BCUT2D eigenvalue weighted by Crippen LogP contribution is -2.42. The summed E-state index contributed by atoms with van der Waals surface area (Å²) in [5.41, 5.74) is 4.76. The molecule has 0 heterocycles. The van der Waals surface area contributed by atoms with Crippen LogP contribution in [0.1, 0.15) is 30.6 Å². The Morgan fingerprint density at radius 2 is 1.73 bits per heavy atom. The summed E-state index contributed by atoms with van der Waals surface area (Å²) in [5.74, 6) is -0.903. The number of hydrazine groups is 1. The molecule has 0 unspecified atom stereocenters. The molecule has 0 bridgehead atoms. The van der Waals surface area contributed by atoms with Gasteiger partial charge in [0.15, 0.2) is 9.84 Å². The fourth-order valence-corrected chi connectivity index (χ4v) is 2.13. The number of benzene rings is 1. The largest absolute Gasteiger partial charge is 0.378 e. The summed E-state index contributed by atoms with van der Waals surface area (Å²) in [7, 11) is -3.30. The number of amides is 2. The van der Waals surface area contributed by atoms with E-state index in [1.165, 1.54) is 24.3 Å². The van der Waals surface area contributed by atoms with Crippen molar-refractivity contribution in [1.82, 2.24) is 10.9 Å². The summed E-state index contributed by atoms with van der Waals surface area (Å²) in [4.78, 5) is 23.4. The van der Waals surface area contributed by atoms with Gasteiger partial charge in [0.2, 0.25) is 5.91 Å². The standard InChI is InChI=1S/C14H20N2O5S/c1-10(2)21-9-8-13(17)15-16-14(18)11-4-6-12(7-5-11)22(3,19)20/h4-7,10H,8-9H2,1-3H3,(H,15,17)(H,16,18). The molecule has 0 atom stereocenters. The molecule has 0 aromatic heterocycles. The smallest absolute Gasteiger partial charge is 0.269 e. The summed E-state index contributed by atoms with van der Waals surface area (Å²) in [6.45, 7) is 3.99. The molecule has 0 saturated heterocycles. The molecule has 7 nitrogen and oxygen atoms in total. The van der Waals surface area contributed by atoms with Crippen molar-refractivity contribution in [3.05, 3.63) is 29.8 Å². The predicted octanol–water partition coefficient (Wildman–Crippen LogP) is 0.666. The van der Waals surface area contributed by atoms with Crippen molar-refractivity contribution in [3.8, 4) is 0 Å². The Bertz CT molecular complexity index is 623. The number of carbonyl (C=O) groups is 2. The van der Waals surface area contributed by atoms with Crippen molar-refractivity contribution in [3.63, 3.8) is 0 Å². The van der Waals surface area contributed by atoms with Crippen molar-refractivity contribution < 1.29 is 22.7 Å². The second kappa shape index (κ2) is 7.90. The summed E-state index contributed by atoms with van der Waals surface area (Å²) in [6, 6.07) is 5.42. The zero-order chi connectivity index (χ0) is 16.8. The Labute approximate surface area is 129 Å². The molecule has 1 aromatic rings. The lowest BCUT2D eigenvalue weighted by Gasteiger charge is -2.09. The van der Waals surface area contributed by atoms with Gasteiger partial charge in [-0.15, -0.1) is 0 Å². The minimum atomic E-state index is -3.30. The fraction of sp³-hybridized carbons (Fsp3) is 0.429. The average Bonchev–Trinajstić information content (AvgIpc) is 2.43.